The van der Waals surface area contributed by atoms with E-state index in [1.165, 1.54) is 0 Å². The zero-order chi connectivity index (χ0) is 23.4. The number of anilines is 1. The van der Waals surface area contributed by atoms with Crippen LogP contribution in [0.5, 0.6) is 0 Å². The number of rotatable bonds is 5. The first-order chi connectivity index (χ1) is 16.0. The van der Waals surface area contributed by atoms with Crippen molar-refractivity contribution in [2.24, 2.45) is 22.1 Å². The van der Waals surface area contributed by atoms with Crippen molar-refractivity contribution < 1.29 is 14.3 Å². The highest BCUT2D eigenvalue weighted by Crippen LogP contribution is 2.34. The number of nitrogens with one attached hydrogen (secondary N) is 1. The number of nitrogens with zero attached hydrogens (tertiary/aromatic N) is 3. The molecule has 2 aromatic carbocycles. The number of benzene rings is 2. The number of carbonyl (C=O) groups excluding carboxylic acids is 2. The Morgan fingerprint density at radius 3 is 2.48 bits per heavy atom. The van der Waals surface area contributed by atoms with E-state index in [1.807, 2.05) is 60.4 Å². The molecule has 8 heteroatoms. The number of amides is 1. The van der Waals surface area contributed by atoms with Gasteiger partial charge in [0.15, 0.2) is 0 Å². The van der Waals surface area contributed by atoms with Crippen molar-refractivity contribution in [3.63, 3.8) is 0 Å². The van der Waals surface area contributed by atoms with Crippen LogP contribution < -0.4 is 11.2 Å². The molecule has 0 spiro atoms. The Labute approximate surface area is 193 Å². The third-order valence-corrected chi connectivity index (χ3v) is 6.19. The van der Waals surface area contributed by atoms with Crippen molar-refractivity contribution >= 4 is 23.6 Å². The average molecular weight is 448 g/mol. The summed E-state index contributed by atoms with van der Waals surface area (Å²) in [6.07, 6.45) is 3.49. The molecule has 0 radical (unpaired) electrons. The minimum Gasteiger partial charge on any atom is -0.463 e. The molecule has 4 rings (SSSR count). The SMILES string of the molecule is CCOC(=O)C1=Cc2cc(-c3ccc(C(=O)N4CCCC4)cc3)ccc2NC(N=NN)C1C. The maximum Gasteiger partial charge on any atom is 0.334 e. The van der Waals surface area contributed by atoms with E-state index in [2.05, 4.69) is 15.7 Å². The Balaban J connectivity index is 1.66. The lowest BCUT2D eigenvalue weighted by atomic mass is 9.96. The molecule has 2 heterocycles. The van der Waals surface area contributed by atoms with Crippen molar-refractivity contribution in [2.45, 2.75) is 32.9 Å². The van der Waals surface area contributed by atoms with E-state index in [1.54, 1.807) is 6.92 Å². The first kappa shape index (κ1) is 22.5. The van der Waals surface area contributed by atoms with Crippen LogP contribution in [0.25, 0.3) is 17.2 Å². The van der Waals surface area contributed by atoms with Gasteiger partial charge in [0.2, 0.25) is 0 Å². The summed E-state index contributed by atoms with van der Waals surface area (Å²) in [5.41, 5.74) is 4.83. The van der Waals surface area contributed by atoms with Gasteiger partial charge >= 0.3 is 5.97 Å². The third-order valence-electron chi connectivity index (χ3n) is 6.19. The fraction of sp³-hybridized carbons (Fsp3) is 0.360. The number of ether oxygens (including phenoxy) is 1. The molecule has 0 aliphatic carbocycles. The highest BCUT2D eigenvalue weighted by molar-refractivity contribution is 5.97. The molecule has 172 valence electrons. The normalized spacial score (nSPS) is 20.1. The van der Waals surface area contributed by atoms with E-state index in [9.17, 15) is 9.59 Å². The van der Waals surface area contributed by atoms with Gasteiger partial charge in [-0.1, -0.05) is 30.3 Å². The minimum absolute atomic E-state index is 0.0845. The Morgan fingerprint density at radius 1 is 1.12 bits per heavy atom. The quantitative estimate of drug-likeness (QED) is 0.308. The lowest BCUT2D eigenvalue weighted by molar-refractivity contribution is -0.139. The fourth-order valence-electron chi connectivity index (χ4n) is 4.31. The minimum atomic E-state index is -0.492. The van der Waals surface area contributed by atoms with E-state index in [4.69, 9.17) is 10.6 Å². The van der Waals surface area contributed by atoms with Crippen molar-refractivity contribution in [3.05, 3.63) is 59.2 Å². The largest absolute Gasteiger partial charge is 0.463 e. The second-order valence-corrected chi connectivity index (χ2v) is 8.31. The van der Waals surface area contributed by atoms with Crippen LogP contribution in [0.4, 0.5) is 5.69 Å². The lowest BCUT2D eigenvalue weighted by Gasteiger charge is -2.20. The molecule has 1 fully saturated rings. The molecule has 3 N–H and O–H groups in total. The van der Waals surface area contributed by atoms with Gasteiger partial charge in [0.05, 0.1) is 6.61 Å². The Hall–Kier alpha value is -3.68. The molecule has 2 aromatic rings. The predicted molar refractivity (Wildman–Crippen MR) is 127 cm³/mol. The molecule has 1 amide bonds. The van der Waals surface area contributed by atoms with Gasteiger partial charge in [-0.3, -0.25) is 4.79 Å². The molecule has 2 unspecified atom stereocenters. The number of likely N-dealkylation sites (tertiary alicyclic amines) is 1. The standard InChI is InChI=1S/C25H29N5O3/c1-3-33-25(32)21-15-20-14-19(10-11-22(20)27-23(16(21)2)28-29-26)17-6-8-18(9-7-17)24(31)30-12-4-5-13-30/h6-11,14-16,23,27H,3-5,12-13H2,1-2H3,(H2,26,28). The molecular formula is C25H29N5O3. The molecule has 33 heavy (non-hydrogen) atoms. The molecule has 2 aliphatic heterocycles. The summed E-state index contributed by atoms with van der Waals surface area (Å²) in [5, 5.41) is 10.8. The number of esters is 1. The van der Waals surface area contributed by atoms with Gasteiger partial charge in [0.25, 0.3) is 5.91 Å². The number of hydrogen-bond acceptors (Lipinski definition) is 6. The van der Waals surface area contributed by atoms with Gasteiger partial charge in [-0.15, -0.1) is 5.11 Å². The predicted octanol–water partition coefficient (Wildman–Crippen LogP) is 4.25. The molecule has 0 saturated carbocycles. The Morgan fingerprint density at radius 2 is 1.82 bits per heavy atom. The van der Waals surface area contributed by atoms with Crippen LogP contribution >= 0.6 is 0 Å². The topological polar surface area (TPSA) is 109 Å². The monoisotopic (exact) mass is 447 g/mol. The molecule has 2 aliphatic rings. The van der Waals surface area contributed by atoms with E-state index in [0.717, 1.165) is 48.3 Å². The average Bonchev–Trinajstić information content (AvgIpc) is 3.33. The summed E-state index contributed by atoms with van der Waals surface area (Å²) in [7, 11) is 0. The second-order valence-electron chi connectivity index (χ2n) is 8.31. The van der Waals surface area contributed by atoms with Gasteiger partial charge in [0, 0.05) is 35.8 Å². The summed E-state index contributed by atoms with van der Waals surface area (Å²) >= 11 is 0. The number of nitrogens with two attached hydrogens (primary N) is 1. The van der Waals surface area contributed by atoms with Crippen molar-refractivity contribution in [2.75, 3.05) is 25.0 Å². The summed E-state index contributed by atoms with van der Waals surface area (Å²) in [4.78, 5) is 27.2. The van der Waals surface area contributed by atoms with Crippen LogP contribution in [0, 0.1) is 5.92 Å². The number of hydrogen-bond donors (Lipinski definition) is 2. The van der Waals surface area contributed by atoms with Gasteiger partial charge < -0.3 is 20.8 Å². The molecule has 0 bridgehead atoms. The molecule has 2 atom stereocenters. The van der Waals surface area contributed by atoms with Crippen molar-refractivity contribution in [3.8, 4) is 11.1 Å². The molecular weight excluding hydrogens is 418 g/mol. The van der Waals surface area contributed by atoms with Gasteiger partial charge in [-0.2, -0.15) is 0 Å². The highest BCUT2D eigenvalue weighted by atomic mass is 16.5. The third kappa shape index (κ3) is 4.74. The zero-order valence-electron chi connectivity index (χ0n) is 19.0. The van der Waals surface area contributed by atoms with Gasteiger partial charge in [0.1, 0.15) is 6.17 Å². The van der Waals surface area contributed by atoms with Crippen LogP contribution in [-0.4, -0.2) is 42.6 Å². The van der Waals surface area contributed by atoms with Crippen LogP contribution in [0.3, 0.4) is 0 Å². The number of carbonyl (C=O) groups is 2. The second kappa shape index (κ2) is 9.85. The first-order valence-corrected chi connectivity index (χ1v) is 11.3. The lowest BCUT2D eigenvalue weighted by Crippen LogP contribution is -2.28. The summed E-state index contributed by atoms with van der Waals surface area (Å²) in [6, 6.07) is 13.6. The fourth-order valence-corrected chi connectivity index (χ4v) is 4.31. The smallest absolute Gasteiger partial charge is 0.334 e. The Kier molecular flexibility index (Phi) is 6.72. The maximum absolute atomic E-state index is 12.6. The van der Waals surface area contributed by atoms with E-state index >= 15 is 0 Å². The molecule has 1 saturated heterocycles. The van der Waals surface area contributed by atoms with E-state index < -0.39 is 6.17 Å². The van der Waals surface area contributed by atoms with Crippen LogP contribution in [0.1, 0.15) is 42.6 Å². The maximum atomic E-state index is 12.6. The van der Waals surface area contributed by atoms with E-state index in [-0.39, 0.29) is 24.4 Å². The van der Waals surface area contributed by atoms with Crippen molar-refractivity contribution in [1.82, 2.24) is 4.90 Å². The molecule has 8 nitrogen and oxygen atoms in total. The zero-order valence-corrected chi connectivity index (χ0v) is 19.0. The summed E-state index contributed by atoms with van der Waals surface area (Å²) in [6.45, 7) is 5.61. The van der Waals surface area contributed by atoms with Crippen LogP contribution in [-0.2, 0) is 9.53 Å². The highest BCUT2D eigenvalue weighted by Gasteiger charge is 2.30. The summed E-state index contributed by atoms with van der Waals surface area (Å²) < 4.78 is 5.27. The van der Waals surface area contributed by atoms with Crippen LogP contribution in [0.15, 0.2) is 58.4 Å². The number of fused-ring (bicyclic) bond motifs is 1. The van der Waals surface area contributed by atoms with Gasteiger partial charge in [-0.25, -0.2) is 4.79 Å². The van der Waals surface area contributed by atoms with Crippen LogP contribution in [0.2, 0.25) is 0 Å². The van der Waals surface area contributed by atoms with Crippen molar-refractivity contribution in [1.29, 1.82) is 0 Å². The van der Waals surface area contributed by atoms with Gasteiger partial charge in [-0.05, 0) is 66.8 Å². The first-order valence-electron chi connectivity index (χ1n) is 11.3. The molecule has 0 aromatic heterocycles. The summed E-state index contributed by atoms with van der Waals surface area (Å²) in [5.74, 6) is 4.72. The Bertz CT molecular complexity index is 1090. The van der Waals surface area contributed by atoms with E-state index in [0.29, 0.717) is 11.1 Å².